The number of para-hydroxylation sites is 3. The van der Waals surface area contributed by atoms with Crippen molar-refractivity contribution in [1.82, 2.24) is 54.3 Å². The van der Waals surface area contributed by atoms with E-state index < -0.39 is 5.41 Å². The average Bonchev–Trinajstić information content (AvgIpc) is 0.768. The fraction of sp³-hybridized carbons (Fsp3) is 0.0105. The predicted octanol–water partition coefficient (Wildman–Crippen LogP) is 20.4. The van der Waals surface area contributed by atoms with Gasteiger partial charge in [-0.2, -0.15) is 88.1 Å². The Bertz CT molecular complexity index is 4780. The van der Waals surface area contributed by atoms with Crippen LogP contribution in [0.25, 0.3) is 73.3 Å². The van der Waals surface area contributed by atoms with Gasteiger partial charge in [-0.15, -0.1) is 198 Å². The van der Waals surface area contributed by atoms with Gasteiger partial charge in [0.15, 0.2) is 0 Å². The molecule has 0 aliphatic heterocycles. The van der Waals surface area contributed by atoms with E-state index in [1.165, 1.54) is 0 Å². The molecular weight excluding hydrogens is 2280 g/mol. The first-order chi connectivity index (χ1) is 52.7. The maximum absolute atomic E-state index is 5.27. The van der Waals surface area contributed by atoms with Crippen LogP contribution in [0.3, 0.4) is 0 Å². The molecule has 0 aliphatic carbocycles. The van der Waals surface area contributed by atoms with E-state index in [-0.39, 0.29) is 123 Å². The summed E-state index contributed by atoms with van der Waals surface area (Å²) in [7, 11) is 0. The number of nitrogens with zero attached hydrogens (tertiary/aromatic N) is 11. The van der Waals surface area contributed by atoms with Gasteiger partial charge in [-0.1, -0.05) is 121 Å². The summed E-state index contributed by atoms with van der Waals surface area (Å²) in [5.41, 5.74) is 15.9. The largest absolute Gasteiger partial charge is 2.00 e. The standard InChI is InChI=1S/C35H24N2.3C11H8N.3C9H7N2.2Ir.2Pd.2Pt/c1-5-15-27(16-6-1)31-23-13-25-33(36-31)35(29-19-9-3-10-20-29,30-21-11-4-12-22-30)34-26-14-24-32(37-34)28-17-7-2-8-18-28;3*1-2-6-10(7-3-1)11-8-4-5-9-12-11;3*1-2-5-9(6-3-1)11-8-4-7-10-11;;;;;;/h1-15,17,19-26H;3*1-6,8-9H;3*1-5,7-8H;;;;;;/q-2;6*-1;;;;;;+2. The molecule has 18 rings (SSSR count). The summed E-state index contributed by atoms with van der Waals surface area (Å²) in [5.74, 6) is 0. The Labute approximate surface area is 739 Å². The second-order valence-corrected chi connectivity index (χ2v) is 22.9. The molecule has 8 aromatic heterocycles. The fourth-order valence-corrected chi connectivity index (χ4v) is 11.0. The van der Waals surface area contributed by atoms with Crippen LogP contribution in [0.2, 0.25) is 0 Å². The van der Waals surface area contributed by atoms with Gasteiger partial charge >= 0.3 is 21.1 Å². The maximum atomic E-state index is 5.27. The zero-order valence-electron chi connectivity index (χ0n) is 59.7. The van der Waals surface area contributed by atoms with Gasteiger partial charge in [-0.05, 0) is 105 Å². The van der Waals surface area contributed by atoms with E-state index in [1.807, 2.05) is 310 Å². The summed E-state index contributed by atoms with van der Waals surface area (Å²) in [5, 5.41) is 12.2. The van der Waals surface area contributed by atoms with Crippen molar-refractivity contribution in [2.45, 2.75) is 5.41 Å². The summed E-state index contributed by atoms with van der Waals surface area (Å²) in [6.45, 7) is 0. The van der Waals surface area contributed by atoms with Crippen LogP contribution in [0.4, 0.5) is 0 Å². The molecule has 0 bridgehead atoms. The molecule has 17 heteroatoms. The summed E-state index contributed by atoms with van der Waals surface area (Å²) in [6.07, 6.45) is 16.3. The molecular formula is C95H69Ir2N11Pd2Pt2-6. The number of benzene rings is 10. The van der Waals surface area contributed by atoms with Gasteiger partial charge in [0.1, 0.15) is 5.41 Å². The Morgan fingerprint density at radius 1 is 0.232 bits per heavy atom. The zero-order chi connectivity index (χ0) is 72.2. The van der Waals surface area contributed by atoms with Crippen molar-refractivity contribution < 1.29 is 123 Å². The number of hydrogen-bond donors (Lipinski definition) is 0. The van der Waals surface area contributed by atoms with Gasteiger partial charge in [0.2, 0.25) is 0 Å². The van der Waals surface area contributed by atoms with Gasteiger partial charge < -0.3 is 15.0 Å². The second-order valence-electron chi connectivity index (χ2n) is 22.9. The molecule has 0 unspecified atom stereocenters. The Morgan fingerprint density at radius 3 is 0.714 bits per heavy atom. The first-order valence-corrected chi connectivity index (χ1v) is 34.2. The van der Waals surface area contributed by atoms with Crippen molar-refractivity contribution in [3.8, 4) is 73.3 Å². The van der Waals surface area contributed by atoms with Crippen LogP contribution in [0.1, 0.15) is 22.5 Å². The van der Waals surface area contributed by atoms with Crippen LogP contribution < -0.4 is 0 Å². The first-order valence-electron chi connectivity index (χ1n) is 34.2. The zero-order valence-corrected chi connectivity index (χ0v) is 72.1. The number of aromatic nitrogens is 11. The second kappa shape index (κ2) is 50.5. The van der Waals surface area contributed by atoms with Crippen LogP contribution in [-0.4, -0.2) is 54.3 Å². The molecule has 0 N–H and O–H groups in total. The topological polar surface area (TPSA) is 118 Å². The van der Waals surface area contributed by atoms with E-state index >= 15 is 0 Å². The van der Waals surface area contributed by atoms with E-state index in [9.17, 15) is 0 Å². The molecule has 0 saturated heterocycles. The first kappa shape index (κ1) is 90.5. The van der Waals surface area contributed by atoms with Crippen LogP contribution in [0, 0.1) is 48.5 Å². The number of pyridine rings is 5. The number of rotatable bonds is 12. The summed E-state index contributed by atoms with van der Waals surface area (Å²) in [6, 6.07) is 145. The minimum atomic E-state index is -0.738. The Kier molecular flexibility index (Phi) is 40.8. The predicted molar refractivity (Wildman–Crippen MR) is 422 cm³/mol. The monoisotopic (exact) mass is 2350 g/mol. The molecule has 10 aromatic carbocycles. The van der Waals surface area contributed by atoms with Crippen LogP contribution in [-0.2, 0) is 129 Å². The van der Waals surface area contributed by atoms with Crippen LogP contribution >= 0.6 is 0 Å². The summed E-state index contributed by atoms with van der Waals surface area (Å²) in [4.78, 5) is 23.2. The SMILES string of the molecule is [Ir].[Ir].[Pd].[Pd].[Pt+2].[Pt].[c-]1ccccc1-c1cccc(C(c2ccccc2)(c2ccccc2)c2cccc(-c3[c-]cccc3)n2)n1.[c-]1ccccc1-c1ccccn1.[c-]1ccccc1-c1ccccn1.[c-]1ccccc1-c1ccccn1.[c-]1ccccc1-n1cccn1.[c-]1ccccc1-n1cccn1.[c-]1ccccc1-n1cccn1. The van der Waals surface area contributed by atoms with Crippen molar-refractivity contribution in [3.05, 3.63) is 491 Å². The smallest absolute Gasteiger partial charge is 0.305 e. The molecule has 568 valence electrons. The average molecular weight is 2350 g/mol. The molecule has 11 nitrogen and oxygen atoms in total. The molecule has 0 saturated carbocycles. The van der Waals surface area contributed by atoms with Gasteiger partial charge in [0.25, 0.3) is 0 Å². The van der Waals surface area contributed by atoms with E-state index in [4.69, 9.17) is 9.97 Å². The van der Waals surface area contributed by atoms with Crippen LogP contribution in [0.5, 0.6) is 0 Å². The molecule has 18 aromatic rings. The van der Waals surface area contributed by atoms with Crippen molar-refractivity contribution in [2.75, 3.05) is 0 Å². The van der Waals surface area contributed by atoms with Gasteiger partial charge in [-0.3, -0.25) is 24.0 Å². The number of hydrogen-bond acceptors (Lipinski definition) is 8. The minimum Gasteiger partial charge on any atom is -0.305 e. The fourth-order valence-electron chi connectivity index (χ4n) is 11.0. The van der Waals surface area contributed by atoms with Gasteiger partial charge in [0, 0.05) is 158 Å². The molecule has 0 amide bonds. The molecule has 0 spiro atoms. The molecule has 112 heavy (non-hydrogen) atoms. The van der Waals surface area contributed by atoms with Crippen molar-refractivity contribution in [3.63, 3.8) is 0 Å². The molecule has 0 atom stereocenters. The normalized spacial score (nSPS) is 9.71. The minimum absolute atomic E-state index is 0. The molecule has 0 aliphatic rings. The molecule has 0 fully saturated rings. The maximum Gasteiger partial charge on any atom is 2.00 e. The van der Waals surface area contributed by atoms with E-state index in [0.717, 1.165) is 95.9 Å². The van der Waals surface area contributed by atoms with Crippen molar-refractivity contribution in [2.24, 2.45) is 0 Å². The third kappa shape index (κ3) is 26.6. The Morgan fingerprint density at radius 2 is 0.482 bits per heavy atom. The third-order valence-corrected chi connectivity index (χ3v) is 15.9. The molecule has 8 heterocycles. The van der Waals surface area contributed by atoms with Crippen molar-refractivity contribution >= 4 is 0 Å². The summed E-state index contributed by atoms with van der Waals surface area (Å²) < 4.78 is 5.33. The van der Waals surface area contributed by atoms with E-state index in [2.05, 4.69) is 152 Å². The van der Waals surface area contributed by atoms with E-state index in [0.29, 0.717) is 0 Å². The third-order valence-electron chi connectivity index (χ3n) is 15.9. The van der Waals surface area contributed by atoms with Crippen LogP contribution in [0.15, 0.2) is 420 Å². The van der Waals surface area contributed by atoms with Gasteiger partial charge in [0.05, 0.1) is 11.4 Å². The van der Waals surface area contributed by atoms with Gasteiger partial charge in [-0.25, -0.2) is 0 Å². The Balaban J connectivity index is 0.000000218. The molecule has 2 radical (unpaired) electrons. The Hall–Kier alpha value is -10.4. The van der Waals surface area contributed by atoms with E-state index in [1.54, 1.807) is 51.2 Å². The summed E-state index contributed by atoms with van der Waals surface area (Å²) >= 11 is 0. The quantitative estimate of drug-likeness (QED) is 0.0877. The van der Waals surface area contributed by atoms with Crippen molar-refractivity contribution in [1.29, 1.82) is 0 Å².